The summed E-state index contributed by atoms with van der Waals surface area (Å²) >= 11 is 3.44. The number of phenols is 1. The van der Waals surface area contributed by atoms with Crippen molar-refractivity contribution in [2.45, 2.75) is 65.9 Å². The first-order valence-corrected chi connectivity index (χ1v) is 13.5. The van der Waals surface area contributed by atoms with Crippen LogP contribution in [0.15, 0.2) is 39.4 Å². The van der Waals surface area contributed by atoms with Crippen LogP contribution in [-0.2, 0) is 9.59 Å². The number of phenolic OH excluding ortho intramolecular Hbond substituents is 1. The van der Waals surface area contributed by atoms with Crippen molar-refractivity contribution < 1.29 is 24.9 Å². The van der Waals surface area contributed by atoms with E-state index in [-0.39, 0.29) is 30.1 Å². The third-order valence-corrected chi connectivity index (χ3v) is 7.95. The molecule has 1 heterocycles. The molecule has 3 N–H and O–H groups in total. The third-order valence-electron chi connectivity index (χ3n) is 7.45. The van der Waals surface area contributed by atoms with E-state index in [0.717, 1.165) is 27.6 Å². The van der Waals surface area contributed by atoms with Crippen LogP contribution in [0.5, 0.6) is 5.75 Å². The fourth-order valence-corrected chi connectivity index (χ4v) is 6.02. The topological polar surface area (TPSA) is 98.1 Å². The number of hydrogen-bond donors (Lipinski definition) is 3. The van der Waals surface area contributed by atoms with Crippen LogP contribution in [0, 0.1) is 23.7 Å². The van der Waals surface area contributed by atoms with Crippen molar-refractivity contribution >= 4 is 33.8 Å². The van der Waals surface area contributed by atoms with E-state index in [4.69, 9.17) is 0 Å². The van der Waals surface area contributed by atoms with Crippen LogP contribution in [0.1, 0.15) is 65.4 Å². The average molecular weight is 549 g/mol. The molecule has 1 aliphatic carbocycles. The van der Waals surface area contributed by atoms with E-state index < -0.39 is 23.9 Å². The molecule has 2 aliphatic rings. The summed E-state index contributed by atoms with van der Waals surface area (Å²) in [5, 5.41) is 32.0. The van der Waals surface area contributed by atoms with Gasteiger partial charge in [0.15, 0.2) is 0 Å². The lowest BCUT2D eigenvalue weighted by Crippen LogP contribution is -2.40. The number of rotatable bonds is 10. The van der Waals surface area contributed by atoms with E-state index in [9.17, 15) is 24.9 Å². The molecular formula is C28H38BrNO5. The van der Waals surface area contributed by atoms with E-state index in [1.54, 1.807) is 12.1 Å². The van der Waals surface area contributed by atoms with E-state index >= 15 is 0 Å². The Bertz CT molecular complexity index is 1010. The Kier molecular flexibility index (Phi) is 9.35. The number of amides is 2. The van der Waals surface area contributed by atoms with Gasteiger partial charge in [-0.1, -0.05) is 60.8 Å². The van der Waals surface area contributed by atoms with E-state index in [2.05, 4.69) is 15.9 Å². The molecule has 1 aromatic carbocycles. The molecule has 0 bridgehead atoms. The number of fused-ring (bicyclic) bond motifs is 1. The number of carbonyl (C=O) groups is 2. The predicted octanol–water partition coefficient (Wildman–Crippen LogP) is 5.07. The minimum atomic E-state index is -0.820. The largest absolute Gasteiger partial charge is 0.507 e. The number of nitrogens with zero attached hydrogens (tertiary/aromatic N) is 1. The second-order valence-electron chi connectivity index (χ2n) is 10.0. The third kappa shape index (κ3) is 5.73. The number of hydrogen-bond acceptors (Lipinski definition) is 5. The van der Waals surface area contributed by atoms with Crippen molar-refractivity contribution in [3.8, 4) is 5.75 Å². The molecule has 7 heteroatoms. The Morgan fingerprint density at radius 1 is 1.23 bits per heavy atom. The number of imide groups is 1. The summed E-state index contributed by atoms with van der Waals surface area (Å²) in [6, 6.07) is 5.28. The molecule has 4 atom stereocenters. The Hall–Kier alpha value is -1.96. The van der Waals surface area contributed by atoms with Gasteiger partial charge in [0.1, 0.15) is 5.75 Å². The molecule has 35 heavy (non-hydrogen) atoms. The summed E-state index contributed by atoms with van der Waals surface area (Å²) in [5.41, 5.74) is 3.53. The average Bonchev–Trinajstić information content (AvgIpc) is 3.07. The number of aromatic hydroxyl groups is 1. The normalized spacial score (nSPS) is 23.9. The Morgan fingerprint density at radius 3 is 2.54 bits per heavy atom. The van der Waals surface area contributed by atoms with Crippen molar-refractivity contribution in [3.63, 3.8) is 0 Å². The fraction of sp³-hybridized carbons (Fsp3) is 0.571. The quantitative estimate of drug-likeness (QED) is 0.280. The lowest BCUT2D eigenvalue weighted by Gasteiger charge is -2.38. The molecule has 1 aliphatic heterocycles. The van der Waals surface area contributed by atoms with E-state index in [0.29, 0.717) is 37.8 Å². The highest BCUT2D eigenvalue weighted by Crippen LogP contribution is 2.48. The van der Waals surface area contributed by atoms with Gasteiger partial charge in [0.25, 0.3) is 0 Å². The number of aliphatic hydroxyl groups is 2. The summed E-state index contributed by atoms with van der Waals surface area (Å²) in [5.74, 6) is -1.68. The molecule has 1 saturated heterocycles. The number of benzene rings is 1. The molecule has 0 saturated carbocycles. The summed E-state index contributed by atoms with van der Waals surface area (Å²) < 4.78 is 0.874. The van der Waals surface area contributed by atoms with Crippen LogP contribution in [0.3, 0.4) is 0 Å². The van der Waals surface area contributed by atoms with Gasteiger partial charge in [-0.2, -0.15) is 0 Å². The van der Waals surface area contributed by atoms with Crippen LogP contribution in [0.25, 0.3) is 6.08 Å². The molecule has 0 unspecified atom stereocenters. The van der Waals surface area contributed by atoms with Gasteiger partial charge in [-0.05, 0) is 61.8 Å². The molecule has 0 radical (unpaired) electrons. The number of halogens is 1. The van der Waals surface area contributed by atoms with E-state index in [1.807, 2.05) is 39.8 Å². The molecule has 0 aromatic heterocycles. The number of allylic oxidation sites excluding steroid dienone is 2. The van der Waals surface area contributed by atoms with Crippen LogP contribution >= 0.6 is 15.9 Å². The second kappa shape index (κ2) is 11.8. The van der Waals surface area contributed by atoms with Gasteiger partial charge in [-0.3, -0.25) is 14.5 Å². The molecule has 6 nitrogen and oxygen atoms in total. The summed E-state index contributed by atoms with van der Waals surface area (Å²) in [7, 11) is 0. The van der Waals surface area contributed by atoms with Crippen molar-refractivity contribution in [1.29, 1.82) is 0 Å². The van der Waals surface area contributed by atoms with Gasteiger partial charge in [0.05, 0.1) is 24.5 Å². The van der Waals surface area contributed by atoms with E-state index in [1.165, 1.54) is 4.90 Å². The molecular weight excluding hydrogens is 510 g/mol. The van der Waals surface area contributed by atoms with Crippen LogP contribution in [-0.4, -0.2) is 51.3 Å². The SMILES string of the molecule is CCCN1C(=O)[C@@H]2[C@@H](CC(C(C)C)=C([C@H](O)CC/C(=C/c3cc(Br)ccc3O)CC)[C@@H]2CO)C1=O. The number of likely N-dealkylation sites (tertiary alicyclic amines) is 1. The number of carbonyl (C=O) groups excluding carboxylic acids is 2. The van der Waals surface area contributed by atoms with Crippen LogP contribution < -0.4 is 0 Å². The van der Waals surface area contributed by atoms with Gasteiger partial charge < -0.3 is 15.3 Å². The zero-order valence-electron chi connectivity index (χ0n) is 21.1. The molecule has 2 amide bonds. The Morgan fingerprint density at radius 2 is 1.94 bits per heavy atom. The molecule has 0 spiro atoms. The summed E-state index contributed by atoms with van der Waals surface area (Å²) in [4.78, 5) is 27.6. The second-order valence-corrected chi connectivity index (χ2v) is 10.9. The maximum absolute atomic E-state index is 13.2. The first-order chi connectivity index (χ1) is 16.6. The Labute approximate surface area is 216 Å². The van der Waals surface area contributed by atoms with Crippen molar-refractivity contribution in [2.24, 2.45) is 23.7 Å². The first-order valence-electron chi connectivity index (χ1n) is 12.7. The highest BCUT2D eigenvalue weighted by atomic mass is 79.9. The van der Waals surface area contributed by atoms with Gasteiger partial charge in [0, 0.05) is 22.5 Å². The molecule has 3 rings (SSSR count). The maximum atomic E-state index is 13.2. The zero-order chi connectivity index (χ0) is 25.9. The number of aliphatic hydroxyl groups excluding tert-OH is 2. The lowest BCUT2D eigenvalue weighted by molar-refractivity contribution is -0.140. The van der Waals surface area contributed by atoms with Gasteiger partial charge in [0.2, 0.25) is 11.8 Å². The zero-order valence-corrected chi connectivity index (χ0v) is 22.7. The van der Waals surface area contributed by atoms with Crippen molar-refractivity contribution in [3.05, 3.63) is 45.0 Å². The predicted molar refractivity (Wildman–Crippen MR) is 140 cm³/mol. The monoisotopic (exact) mass is 547 g/mol. The van der Waals surface area contributed by atoms with Gasteiger partial charge in [-0.15, -0.1) is 0 Å². The first kappa shape index (κ1) is 27.6. The molecule has 1 fully saturated rings. The highest BCUT2D eigenvalue weighted by molar-refractivity contribution is 9.10. The maximum Gasteiger partial charge on any atom is 0.233 e. The van der Waals surface area contributed by atoms with Crippen molar-refractivity contribution in [1.82, 2.24) is 4.90 Å². The van der Waals surface area contributed by atoms with Crippen LogP contribution in [0.2, 0.25) is 0 Å². The standard InChI is InChI=1S/C28H38BrNO5/c1-5-11-30-27(34)21-14-20(16(3)4)25(22(15-31)26(21)28(30)35)24(33)9-7-17(6-2)12-18-13-19(29)8-10-23(18)32/h8,10,12-13,16,21-22,24,26,31-33H,5-7,9,11,14-15H2,1-4H3/b17-12+/t21-,22+,24-,26-/m1/s1. The lowest BCUT2D eigenvalue weighted by atomic mass is 9.66. The van der Waals surface area contributed by atoms with Crippen molar-refractivity contribution in [2.75, 3.05) is 13.2 Å². The minimum Gasteiger partial charge on any atom is -0.507 e. The minimum absolute atomic E-state index is 0.0950. The molecule has 192 valence electrons. The van der Waals surface area contributed by atoms with Gasteiger partial charge in [-0.25, -0.2) is 0 Å². The van der Waals surface area contributed by atoms with Crippen LogP contribution in [0.4, 0.5) is 0 Å². The Balaban J connectivity index is 1.88. The summed E-state index contributed by atoms with van der Waals surface area (Å²) in [6.45, 7) is 8.17. The smallest absolute Gasteiger partial charge is 0.233 e. The fourth-order valence-electron chi connectivity index (χ4n) is 5.64. The summed E-state index contributed by atoms with van der Waals surface area (Å²) in [6.07, 6.45) is 4.10. The van der Waals surface area contributed by atoms with Gasteiger partial charge >= 0.3 is 0 Å². The molecule has 1 aromatic rings. The highest BCUT2D eigenvalue weighted by Gasteiger charge is 2.54.